The van der Waals surface area contributed by atoms with E-state index in [4.69, 9.17) is 17.6 Å². The van der Waals surface area contributed by atoms with Crippen molar-refractivity contribution in [3.8, 4) is 50.7 Å². The number of para-hydroxylation sites is 1. The first-order chi connectivity index (χ1) is 37.2. The molecule has 1 radical (unpaired) electrons. The van der Waals surface area contributed by atoms with Crippen LogP contribution in [0, 0.1) is 25.8 Å². The average Bonchev–Trinajstić information content (AvgIpc) is 3.84. The molecule has 73 heavy (non-hydrogen) atoms. The molecular formula is C67H58IrN4O-2. The van der Waals surface area contributed by atoms with E-state index in [9.17, 15) is 0 Å². The Balaban J connectivity index is 0.000000284. The van der Waals surface area contributed by atoms with Gasteiger partial charge in [0, 0.05) is 56.7 Å². The van der Waals surface area contributed by atoms with Crippen LogP contribution in [0.4, 0.5) is 0 Å². The van der Waals surface area contributed by atoms with E-state index >= 15 is 0 Å². The normalized spacial score (nSPS) is 13.3. The van der Waals surface area contributed by atoms with Crippen LogP contribution in [0.3, 0.4) is 0 Å². The number of nitrogens with zero attached hydrogens (tertiary/aromatic N) is 4. The van der Waals surface area contributed by atoms with Crippen molar-refractivity contribution in [1.29, 1.82) is 0 Å². The van der Waals surface area contributed by atoms with Gasteiger partial charge in [-0.3, -0.25) is 15.0 Å². The Bertz CT molecular complexity index is 4180. The minimum Gasteiger partial charge on any atom is -0.501 e. The molecule has 6 heteroatoms. The Morgan fingerprint density at radius 3 is 2.01 bits per heavy atom. The zero-order valence-corrected chi connectivity index (χ0v) is 44.3. The second-order valence-corrected chi connectivity index (χ2v) is 20.3. The van der Waals surface area contributed by atoms with Gasteiger partial charge < -0.3 is 8.98 Å². The molecule has 0 N–H and O–H groups in total. The number of rotatable bonds is 7. The van der Waals surface area contributed by atoms with E-state index in [1.807, 2.05) is 24.3 Å². The Hall–Kier alpha value is -7.50. The summed E-state index contributed by atoms with van der Waals surface area (Å²) in [6.07, 6.45) is 1.72. The van der Waals surface area contributed by atoms with Crippen molar-refractivity contribution >= 4 is 54.5 Å². The number of furan rings is 1. The summed E-state index contributed by atoms with van der Waals surface area (Å²) in [5.41, 5.74) is 13.1. The van der Waals surface area contributed by atoms with E-state index in [0.717, 1.165) is 60.8 Å². The van der Waals surface area contributed by atoms with Gasteiger partial charge in [0.2, 0.25) is 0 Å². The number of aromatic nitrogens is 4. The fourth-order valence-corrected chi connectivity index (χ4v) is 9.86. The molecule has 3 heterocycles. The second kappa shape index (κ2) is 19.8. The summed E-state index contributed by atoms with van der Waals surface area (Å²) in [4.78, 5) is 14.0. The second-order valence-electron chi connectivity index (χ2n) is 20.3. The van der Waals surface area contributed by atoms with Gasteiger partial charge in [-0.2, -0.15) is 0 Å². The number of hydrogen-bond acceptors (Lipinski definition) is 4. The van der Waals surface area contributed by atoms with Gasteiger partial charge in [0.05, 0.1) is 28.3 Å². The summed E-state index contributed by atoms with van der Waals surface area (Å²) in [5.74, 6) is 1.34. The van der Waals surface area contributed by atoms with Crippen LogP contribution in [-0.4, -0.2) is 19.5 Å². The van der Waals surface area contributed by atoms with Crippen LogP contribution in [0.1, 0.15) is 96.5 Å². The molecule has 12 rings (SSSR count). The van der Waals surface area contributed by atoms with E-state index in [2.05, 4.69) is 190 Å². The van der Waals surface area contributed by atoms with E-state index < -0.39 is 13.7 Å². The largest absolute Gasteiger partial charge is 0.501 e. The van der Waals surface area contributed by atoms with Crippen LogP contribution in [0.25, 0.3) is 105 Å². The topological polar surface area (TPSA) is 56.7 Å². The monoisotopic (exact) mass is 1130 g/mol. The molecule has 0 bridgehead atoms. The molecule has 0 saturated heterocycles. The van der Waals surface area contributed by atoms with E-state index in [0.29, 0.717) is 39.4 Å². The van der Waals surface area contributed by atoms with Crippen LogP contribution < -0.4 is 0 Å². The van der Waals surface area contributed by atoms with Crippen molar-refractivity contribution < 1.29 is 32.7 Å². The molecule has 0 amide bonds. The molecule has 0 spiro atoms. The van der Waals surface area contributed by atoms with E-state index in [1.54, 1.807) is 30.5 Å². The first-order valence-electron chi connectivity index (χ1n) is 27.6. The molecule has 5 nitrogen and oxygen atoms in total. The Morgan fingerprint density at radius 2 is 1.32 bits per heavy atom. The number of fused-ring (bicyclic) bond motifs is 7. The first-order valence-corrected chi connectivity index (χ1v) is 24.6. The molecule has 3 aromatic heterocycles. The first kappa shape index (κ1) is 42.0. The van der Waals surface area contributed by atoms with Crippen molar-refractivity contribution in [2.24, 2.45) is 0 Å². The fraction of sp³-hybridized carbons (Fsp3) is 0.179. The van der Waals surface area contributed by atoms with Crippen molar-refractivity contribution in [3.63, 3.8) is 0 Å². The van der Waals surface area contributed by atoms with Crippen molar-refractivity contribution in [1.82, 2.24) is 19.5 Å². The maximum Gasteiger partial charge on any atom is 0.121 e. The van der Waals surface area contributed by atoms with Crippen LogP contribution >= 0.6 is 0 Å². The van der Waals surface area contributed by atoms with E-state index in [-0.39, 0.29) is 48.5 Å². The van der Waals surface area contributed by atoms with Gasteiger partial charge in [-0.25, -0.2) is 0 Å². The SMILES string of the molecule is [2H]C([2H])([2H])c1c[c-]c(-c2nccc(C(C)(C)C)n2)cc1.[2H]C([2H])([2H])c1cccc2nc(-c3[c-]ccc4c3oc3cc5c(ccc6ccccc65)cc34)n(-c3c(C(C)C)cc(-c4ccc(-c5ccccc5)cc4)cc3C(C)C)c12.[Ir]. The molecule has 363 valence electrons. The van der Waals surface area contributed by atoms with Gasteiger partial charge in [0.15, 0.2) is 0 Å². The molecule has 0 saturated carbocycles. The quantitative estimate of drug-likeness (QED) is 0.118. The molecule has 0 aliphatic rings. The third-order valence-electron chi connectivity index (χ3n) is 13.6. The third-order valence-corrected chi connectivity index (χ3v) is 13.6. The summed E-state index contributed by atoms with van der Waals surface area (Å²) in [5, 5.41) is 6.57. The molecule has 9 aromatic carbocycles. The summed E-state index contributed by atoms with van der Waals surface area (Å²) in [7, 11) is 0. The number of aryl methyl sites for hydroxylation is 2. The molecule has 12 aromatic rings. The maximum absolute atomic E-state index is 8.73. The van der Waals surface area contributed by atoms with Crippen molar-refractivity contribution in [3.05, 3.63) is 216 Å². The van der Waals surface area contributed by atoms with Gasteiger partial charge in [-0.1, -0.05) is 169 Å². The van der Waals surface area contributed by atoms with E-state index in [1.165, 1.54) is 28.0 Å². The molecule has 0 aliphatic heterocycles. The third kappa shape index (κ3) is 9.31. The van der Waals surface area contributed by atoms with Gasteiger partial charge in [0.1, 0.15) is 5.58 Å². The molecular weight excluding hydrogens is 1070 g/mol. The van der Waals surface area contributed by atoms with Crippen LogP contribution in [0.5, 0.6) is 0 Å². The molecule has 0 fully saturated rings. The predicted octanol–water partition coefficient (Wildman–Crippen LogP) is 18.1. The minimum atomic E-state index is -2.39. The number of benzene rings is 9. The minimum absolute atomic E-state index is 0. The summed E-state index contributed by atoms with van der Waals surface area (Å²) in [6, 6.07) is 63.4. The Kier molecular flexibility index (Phi) is 11.4. The van der Waals surface area contributed by atoms with Gasteiger partial charge in [0.25, 0.3) is 0 Å². The van der Waals surface area contributed by atoms with Crippen LogP contribution in [-0.2, 0) is 25.5 Å². The summed E-state index contributed by atoms with van der Waals surface area (Å²) < 4.78 is 57.2. The smallest absolute Gasteiger partial charge is 0.121 e. The predicted molar refractivity (Wildman–Crippen MR) is 301 cm³/mol. The Labute approximate surface area is 450 Å². The molecule has 0 atom stereocenters. The summed E-state index contributed by atoms with van der Waals surface area (Å²) in [6.45, 7) is 10.6. The van der Waals surface area contributed by atoms with Gasteiger partial charge >= 0.3 is 0 Å². The average molecular weight is 1130 g/mol. The zero-order valence-electron chi connectivity index (χ0n) is 47.9. The zero-order chi connectivity index (χ0) is 54.8. The van der Waals surface area contributed by atoms with Gasteiger partial charge in [-0.05, 0) is 116 Å². The van der Waals surface area contributed by atoms with Crippen LogP contribution in [0.2, 0.25) is 0 Å². The summed E-state index contributed by atoms with van der Waals surface area (Å²) >= 11 is 0. The van der Waals surface area contributed by atoms with Crippen LogP contribution in [0.15, 0.2) is 180 Å². The fourth-order valence-electron chi connectivity index (χ4n) is 9.86. The molecule has 0 unspecified atom stereocenters. The molecule has 0 aliphatic carbocycles. The van der Waals surface area contributed by atoms with Crippen molar-refractivity contribution in [2.75, 3.05) is 0 Å². The number of imidazole rings is 1. The number of hydrogen-bond donors (Lipinski definition) is 0. The van der Waals surface area contributed by atoms with Crippen molar-refractivity contribution in [2.45, 2.75) is 79.4 Å². The van der Waals surface area contributed by atoms with Gasteiger partial charge in [-0.15, -0.1) is 53.6 Å². The standard InChI is InChI=1S/C52H41N2O.C15H17N2.Ir/c1-31(2)43-28-39(36-23-21-35(22-24-36)34-14-7-6-8-15-34)29-44(32(3)4)50(43)54-49-33(5)13-11-20-47(49)53-52(54)42-19-12-18-41-46-27-38-26-25-37-16-9-10-17-40(37)45(38)30-48(46)55-51(41)42;1-11-5-7-12(8-6-11)14-16-10-9-13(17-14)15(2,3)4;/h6-18,20-32H,1-5H3;5-7,9-10H,1-4H3;/q2*-1;/i5D3;1D3;. The maximum atomic E-state index is 8.73. The Morgan fingerprint density at radius 1 is 0.603 bits per heavy atom.